The Bertz CT molecular complexity index is 1280. The number of rotatable bonds is 3. The Morgan fingerprint density at radius 2 is 1.67 bits per heavy atom. The quantitative estimate of drug-likeness (QED) is 0.343. The molecule has 0 aliphatic carbocycles. The maximum Gasteiger partial charge on any atom is 0.256 e. The lowest BCUT2D eigenvalue weighted by atomic mass is 9.99. The summed E-state index contributed by atoms with van der Waals surface area (Å²) in [4.78, 5) is 18.1. The molecule has 0 unspecified atom stereocenters. The van der Waals surface area contributed by atoms with Gasteiger partial charge in [-0.15, -0.1) is 0 Å². The molecule has 0 aliphatic rings. The number of pyridine rings is 1. The fourth-order valence-electron chi connectivity index (χ4n) is 3.43. The van der Waals surface area contributed by atoms with Crippen LogP contribution in [0.4, 0.5) is 5.69 Å². The Labute approximate surface area is 189 Å². The van der Waals surface area contributed by atoms with Gasteiger partial charge < -0.3 is 5.32 Å². The standard InChI is InChI=1S/C24H17Cl3N2O/c1-13-10-14(2)23-17(11-13)18(12-21(28-23)15-6-8-16(25)9-7-15)24(30)29-20-5-3-4-19(26)22(20)27/h3-12H,1-2H3,(H,29,30). The van der Waals surface area contributed by atoms with E-state index in [9.17, 15) is 4.79 Å². The number of amides is 1. The summed E-state index contributed by atoms with van der Waals surface area (Å²) in [6, 6.07) is 18.3. The molecular formula is C24H17Cl3N2O. The first-order valence-corrected chi connectivity index (χ1v) is 10.4. The van der Waals surface area contributed by atoms with Crippen LogP contribution in [0.25, 0.3) is 22.2 Å². The molecule has 150 valence electrons. The van der Waals surface area contributed by atoms with Crippen molar-refractivity contribution in [1.82, 2.24) is 4.98 Å². The molecule has 0 atom stereocenters. The number of halogens is 3. The van der Waals surface area contributed by atoms with Gasteiger partial charge in [0.05, 0.1) is 32.5 Å². The van der Waals surface area contributed by atoms with Gasteiger partial charge in [0, 0.05) is 16.0 Å². The van der Waals surface area contributed by atoms with Crippen LogP contribution in [0, 0.1) is 13.8 Å². The summed E-state index contributed by atoms with van der Waals surface area (Å²) < 4.78 is 0. The van der Waals surface area contributed by atoms with Crippen molar-refractivity contribution in [3.63, 3.8) is 0 Å². The molecule has 1 N–H and O–H groups in total. The molecule has 0 radical (unpaired) electrons. The summed E-state index contributed by atoms with van der Waals surface area (Å²) in [5.41, 5.74) is 5.34. The average Bonchev–Trinajstić information content (AvgIpc) is 2.71. The summed E-state index contributed by atoms with van der Waals surface area (Å²) in [6.07, 6.45) is 0. The van der Waals surface area contributed by atoms with Crippen molar-refractivity contribution in [2.45, 2.75) is 13.8 Å². The van der Waals surface area contributed by atoms with Crippen molar-refractivity contribution < 1.29 is 4.79 Å². The van der Waals surface area contributed by atoms with E-state index in [0.717, 1.165) is 27.6 Å². The lowest BCUT2D eigenvalue weighted by Crippen LogP contribution is -2.14. The van der Waals surface area contributed by atoms with E-state index in [1.807, 2.05) is 32.0 Å². The van der Waals surface area contributed by atoms with E-state index in [1.54, 1.807) is 36.4 Å². The first-order valence-electron chi connectivity index (χ1n) is 9.27. The van der Waals surface area contributed by atoms with Crippen LogP contribution in [0.2, 0.25) is 15.1 Å². The minimum atomic E-state index is -0.285. The molecule has 6 heteroatoms. The number of hydrogen-bond acceptors (Lipinski definition) is 2. The highest BCUT2D eigenvalue weighted by Crippen LogP contribution is 2.32. The van der Waals surface area contributed by atoms with Gasteiger partial charge in [0.2, 0.25) is 0 Å². The second-order valence-corrected chi connectivity index (χ2v) is 8.32. The lowest BCUT2D eigenvalue weighted by molar-refractivity contribution is 0.102. The van der Waals surface area contributed by atoms with Crippen molar-refractivity contribution in [2.24, 2.45) is 0 Å². The zero-order valence-corrected chi connectivity index (χ0v) is 18.5. The molecule has 1 heterocycles. The van der Waals surface area contributed by atoms with Crippen LogP contribution in [-0.2, 0) is 0 Å². The molecule has 0 spiro atoms. The number of anilines is 1. The first-order chi connectivity index (χ1) is 14.3. The topological polar surface area (TPSA) is 42.0 Å². The van der Waals surface area contributed by atoms with Gasteiger partial charge in [0.15, 0.2) is 0 Å². The third-order valence-corrected chi connectivity index (χ3v) is 5.90. The van der Waals surface area contributed by atoms with Gasteiger partial charge in [-0.05, 0) is 55.8 Å². The molecule has 1 aromatic heterocycles. The molecule has 1 amide bonds. The van der Waals surface area contributed by atoms with Crippen LogP contribution in [0.1, 0.15) is 21.5 Å². The van der Waals surface area contributed by atoms with Crippen molar-refractivity contribution in [3.8, 4) is 11.3 Å². The van der Waals surface area contributed by atoms with Gasteiger partial charge in [-0.25, -0.2) is 4.98 Å². The Balaban J connectivity index is 1.89. The van der Waals surface area contributed by atoms with E-state index in [2.05, 4.69) is 11.4 Å². The Hall–Kier alpha value is -2.59. The monoisotopic (exact) mass is 454 g/mol. The van der Waals surface area contributed by atoms with E-state index in [4.69, 9.17) is 39.8 Å². The molecule has 4 rings (SSSR count). The summed E-state index contributed by atoms with van der Waals surface area (Å²) >= 11 is 18.4. The minimum Gasteiger partial charge on any atom is -0.321 e. The number of hydrogen-bond donors (Lipinski definition) is 1. The van der Waals surface area contributed by atoms with Crippen molar-refractivity contribution >= 4 is 57.3 Å². The third kappa shape index (κ3) is 4.01. The predicted molar refractivity (Wildman–Crippen MR) is 126 cm³/mol. The molecule has 0 fully saturated rings. The van der Waals surface area contributed by atoms with Gasteiger partial charge in [-0.3, -0.25) is 4.79 Å². The molecular weight excluding hydrogens is 439 g/mol. The number of aromatic nitrogens is 1. The number of aryl methyl sites for hydroxylation is 2. The van der Waals surface area contributed by atoms with E-state index in [-0.39, 0.29) is 5.91 Å². The second-order valence-electron chi connectivity index (χ2n) is 7.10. The molecule has 0 aliphatic heterocycles. The number of fused-ring (bicyclic) bond motifs is 1. The van der Waals surface area contributed by atoms with Gasteiger partial charge in [0.1, 0.15) is 0 Å². The normalized spacial score (nSPS) is 11.0. The fraction of sp³-hybridized carbons (Fsp3) is 0.0833. The van der Waals surface area contributed by atoms with Gasteiger partial charge in [-0.2, -0.15) is 0 Å². The fourth-order valence-corrected chi connectivity index (χ4v) is 3.90. The molecule has 0 saturated carbocycles. The van der Waals surface area contributed by atoms with Crippen molar-refractivity contribution in [2.75, 3.05) is 5.32 Å². The molecule has 3 aromatic carbocycles. The van der Waals surface area contributed by atoms with Gasteiger partial charge >= 0.3 is 0 Å². The summed E-state index contributed by atoms with van der Waals surface area (Å²) in [7, 11) is 0. The maximum atomic E-state index is 13.3. The zero-order chi connectivity index (χ0) is 21.4. The van der Waals surface area contributed by atoms with Gasteiger partial charge in [0.25, 0.3) is 5.91 Å². The number of benzene rings is 3. The highest BCUT2D eigenvalue weighted by molar-refractivity contribution is 6.44. The van der Waals surface area contributed by atoms with Crippen molar-refractivity contribution in [1.29, 1.82) is 0 Å². The zero-order valence-electron chi connectivity index (χ0n) is 16.3. The highest BCUT2D eigenvalue weighted by Gasteiger charge is 2.17. The maximum absolute atomic E-state index is 13.3. The van der Waals surface area contributed by atoms with Crippen LogP contribution in [0.5, 0.6) is 0 Å². The molecule has 30 heavy (non-hydrogen) atoms. The Morgan fingerprint density at radius 3 is 2.40 bits per heavy atom. The summed E-state index contributed by atoms with van der Waals surface area (Å²) in [5.74, 6) is -0.285. The van der Waals surface area contributed by atoms with Crippen molar-refractivity contribution in [3.05, 3.63) is 92.4 Å². The van der Waals surface area contributed by atoms with E-state index >= 15 is 0 Å². The molecule has 0 saturated heterocycles. The SMILES string of the molecule is Cc1cc(C)c2nc(-c3ccc(Cl)cc3)cc(C(=O)Nc3cccc(Cl)c3Cl)c2c1. The molecule has 0 bridgehead atoms. The van der Waals surface area contributed by atoms with E-state index in [0.29, 0.717) is 32.0 Å². The summed E-state index contributed by atoms with van der Waals surface area (Å²) in [5, 5.41) is 4.98. The van der Waals surface area contributed by atoms with Crippen LogP contribution in [0.15, 0.2) is 60.7 Å². The first kappa shape index (κ1) is 20.7. The molecule has 3 nitrogen and oxygen atoms in total. The Kier molecular flexibility index (Phi) is 5.70. The van der Waals surface area contributed by atoms with Crippen LogP contribution >= 0.6 is 34.8 Å². The Morgan fingerprint density at radius 1 is 0.933 bits per heavy atom. The third-order valence-electron chi connectivity index (χ3n) is 4.83. The van der Waals surface area contributed by atoms with Gasteiger partial charge in [-0.1, -0.05) is 64.6 Å². The average molecular weight is 456 g/mol. The van der Waals surface area contributed by atoms with E-state index in [1.165, 1.54) is 0 Å². The van der Waals surface area contributed by atoms with E-state index < -0.39 is 0 Å². The van der Waals surface area contributed by atoms with Crippen LogP contribution in [0.3, 0.4) is 0 Å². The number of carbonyl (C=O) groups excluding carboxylic acids is 1. The molecule has 4 aromatic rings. The van der Waals surface area contributed by atoms with Crippen LogP contribution < -0.4 is 5.32 Å². The number of nitrogens with one attached hydrogen (secondary N) is 1. The largest absolute Gasteiger partial charge is 0.321 e. The minimum absolute atomic E-state index is 0.285. The highest BCUT2D eigenvalue weighted by atomic mass is 35.5. The second kappa shape index (κ2) is 8.27. The lowest BCUT2D eigenvalue weighted by Gasteiger charge is -2.14. The summed E-state index contributed by atoms with van der Waals surface area (Å²) in [6.45, 7) is 3.98. The smallest absolute Gasteiger partial charge is 0.256 e. The number of nitrogens with zero attached hydrogens (tertiary/aromatic N) is 1. The number of carbonyl (C=O) groups is 1. The predicted octanol–water partition coefficient (Wildman–Crippen LogP) is 7.73. The van der Waals surface area contributed by atoms with Crippen LogP contribution in [-0.4, -0.2) is 10.9 Å².